The molecule has 1 aliphatic rings. The predicted octanol–water partition coefficient (Wildman–Crippen LogP) is 2.37. The number of carbonyl (C=O) groups is 2. The molecule has 3 N–H and O–H groups in total. The van der Waals surface area contributed by atoms with Gasteiger partial charge < -0.3 is 20.5 Å². The quantitative estimate of drug-likeness (QED) is 0.878. The van der Waals surface area contributed by atoms with Crippen LogP contribution in [0.2, 0.25) is 0 Å². The molecule has 0 aliphatic carbocycles. The number of nitrogens with two attached hydrogens (primary N) is 1. The maximum Gasteiger partial charge on any atom is 0.321 e. The third-order valence-electron chi connectivity index (χ3n) is 4.76. The molecule has 2 aromatic rings. The zero-order valence-corrected chi connectivity index (χ0v) is 14.6. The molecule has 1 saturated heterocycles. The van der Waals surface area contributed by atoms with Gasteiger partial charge >= 0.3 is 6.03 Å². The monoisotopic (exact) mass is 359 g/mol. The van der Waals surface area contributed by atoms with Gasteiger partial charge in [-0.25, -0.2) is 14.2 Å². The first-order chi connectivity index (χ1) is 12.4. The highest BCUT2D eigenvalue weighted by atomic mass is 19.1. The fourth-order valence-corrected chi connectivity index (χ4v) is 3.19. The summed E-state index contributed by atoms with van der Waals surface area (Å²) in [7, 11) is 0. The van der Waals surface area contributed by atoms with Crippen LogP contribution in [0.25, 0.3) is 0 Å². The van der Waals surface area contributed by atoms with Crippen LogP contribution in [0.15, 0.2) is 30.6 Å². The number of imidazole rings is 1. The van der Waals surface area contributed by atoms with Gasteiger partial charge in [0.1, 0.15) is 11.6 Å². The predicted molar refractivity (Wildman–Crippen MR) is 95.2 cm³/mol. The smallest absolute Gasteiger partial charge is 0.321 e. The van der Waals surface area contributed by atoms with Gasteiger partial charge in [0.2, 0.25) is 0 Å². The SMILES string of the molecule is Cc1nccn1CC1CCN(C(=O)Nc2ccc(F)c(C(N)=O)c2)CC1. The largest absolute Gasteiger partial charge is 0.366 e. The van der Waals surface area contributed by atoms with Gasteiger partial charge in [-0.05, 0) is 43.9 Å². The number of rotatable bonds is 4. The highest BCUT2D eigenvalue weighted by Crippen LogP contribution is 2.21. The summed E-state index contributed by atoms with van der Waals surface area (Å²) in [4.78, 5) is 29.6. The molecular formula is C18H22FN5O2. The Kier molecular flexibility index (Phi) is 5.20. The number of aromatic nitrogens is 2. The van der Waals surface area contributed by atoms with Gasteiger partial charge in [0, 0.05) is 37.7 Å². The summed E-state index contributed by atoms with van der Waals surface area (Å²) in [5, 5.41) is 2.70. The normalized spacial score (nSPS) is 15.1. The van der Waals surface area contributed by atoms with Crippen LogP contribution >= 0.6 is 0 Å². The second-order valence-electron chi connectivity index (χ2n) is 6.55. The van der Waals surface area contributed by atoms with Crippen molar-refractivity contribution in [1.29, 1.82) is 0 Å². The van der Waals surface area contributed by atoms with Crippen LogP contribution < -0.4 is 11.1 Å². The lowest BCUT2D eigenvalue weighted by atomic mass is 9.97. The van der Waals surface area contributed by atoms with Crippen molar-refractivity contribution in [3.8, 4) is 0 Å². The maximum atomic E-state index is 13.5. The number of piperidine rings is 1. The maximum absolute atomic E-state index is 13.5. The Hall–Kier alpha value is -2.90. The number of nitrogens with one attached hydrogen (secondary N) is 1. The number of halogens is 1. The molecule has 1 aromatic heterocycles. The van der Waals surface area contributed by atoms with Gasteiger partial charge in [-0.2, -0.15) is 0 Å². The van der Waals surface area contributed by atoms with E-state index in [0.717, 1.165) is 31.3 Å². The molecule has 7 nitrogen and oxygen atoms in total. The van der Waals surface area contributed by atoms with Crippen LogP contribution in [-0.4, -0.2) is 39.5 Å². The minimum Gasteiger partial charge on any atom is -0.366 e. The van der Waals surface area contributed by atoms with Crippen molar-refractivity contribution in [2.45, 2.75) is 26.3 Å². The molecule has 0 saturated carbocycles. The number of likely N-dealkylation sites (tertiary alicyclic amines) is 1. The zero-order valence-electron chi connectivity index (χ0n) is 14.6. The number of hydrogen-bond acceptors (Lipinski definition) is 3. The standard InChI is InChI=1S/C18H22FN5O2/c1-12-21-6-9-24(12)11-13-4-7-23(8-5-13)18(26)22-14-2-3-16(19)15(10-14)17(20)25/h2-3,6,9-10,13H,4-5,7-8,11H2,1H3,(H2,20,25)(H,22,26). The Bertz CT molecular complexity index is 812. The lowest BCUT2D eigenvalue weighted by molar-refractivity contribution is 0.0996. The summed E-state index contributed by atoms with van der Waals surface area (Å²) in [5.74, 6) is -0.0775. The van der Waals surface area contributed by atoms with E-state index in [9.17, 15) is 14.0 Å². The van der Waals surface area contributed by atoms with E-state index in [0.29, 0.717) is 24.7 Å². The van der Waals surface area contributed by atoms with Crippen molar-refractivity contribution < 1.29 is 14.0 Å². The molecule has 8 heteroatoms. The highest BCUT2D eigenvalue weighted by molar-refractivity contribution is 5.96. The summed E-state index contributed by atoms with van der Waals surface area (Å²) in [6.45, 7) is 4.18. The Morgan fingerprint density at radius 2 is 2.08 bits per heavy atom. The molecule has 26 heavy (non-hydrogen) atoms. The lowest BCUT2D eigenvalue weighted by Crippen LogP contribution is -2.41. The fourth-order valence-electron chi connectivity index (χ4n) is 3.19. The minimum atomic E-state index is -0.866. The summed E-state index contributed by atoms with van der Waals surface area (Å²) in [6, 6.07) is 3.53. The van der Waals surface area contributed by atoms with Crippen molar-refractivity contribution in [3.05, 3.63) is 47.8 Å². The van der Waals surface area contributed by atoms with E-state index >= 15 is 0 Å². The van der Waals surface area contributed by atoms with Crippen molar-refractivity contribution in [3.63, 3.8) is 0 Å². The summed E-state index contributed by atoms with van der Waals surface area (Å²) in [5.41, 5.74) is 5.24. The average Bonchev–Trinajstić information content (AvgIpc) is 3.02. The van der Waals surface area contributed by atoms with E-state index in [1.807, 2.05) is 13.1 Å². The summed E-state index contributed by atoms with van der Waals surface area (Å²) < 4.78 is 15.6. The van der Waals surface area contributed by atoms with E-state index in [4.69, 9.17) is 5.73 Å². The van der Waals surface area contributed by atoms with Crippen molar-refractivity contribution >= 4 is 17.6 Å². The van der Waals surface area contributed by atoms with E-state index in [1.165, 1.54) is 12.1 Å². The first-order valence-electron chi connectivity index (χ1n) is 8.57. The molecule has 1 fully saturated rings. The van der Waals surface area contributed by atoms with E-state index in [1.54, 1.807) is 11.1 Å². The summed E-state index contributed by atoms with van der Waals surface area (Å²) in [6.07, 6.45) is 5.57. The molecule has 1 aliphatic heterocycles. The number of hydrogen-bond donors (Lipinski definition) is 2. The van der Waals surface area contributed by atoms with Crippen molar-refractivity contribution in [2.75, 3.05) is 18.4 Å². The van der Waals surface area contributed by atoms with E-state index in [-0.39, 0.29) is 11.6 Å². The average molecular weight is 359 g/mol. The number of aryl methyl sites for hydroxylation is 1. The second kappa shape index (κ2) is 7.55. The number of primary amides is 1. The number of nitrogens with zero attached hydrogens (tertiary/aromatic N) is 3. The van der Waals surface area contributed by atoms with Gasteiger partial charge in [0.25, 0.3) is 5.91 Å². The third kappa shape index (κ3) is 4.01. The van der Waals surface area contributed by atoms with Gasteiger partial charge in [0.15, 0.2) is 0 Å². The zero-order chi connectivity index (χ0) is 18.7. The Morgan fingerprint density at radius 1 is 1.35 bits per heavy atom. The summed E-state index contributed by atoms with van der Waals surface area (Å²) >= 11 is 0. The molecule has 2 heterocycles. The number of anilines is 1. The first kappa shape index (κ1) is 17.9. The van der Waals surface area contributed by atoms with Crippen LogP contribution in [0, 0.1) is 18.7 Å². The molecule has 0 unspecified atom stereocenters. The second-order valence-corrected chi connectivity index (χ2v) is 6.55. The van der Waals surface area contributed by atoms with Crippen molar-refractivity contribution in [1.82, 2.24) is 14.5 Å². The molecule has 3 amide bonds. The van der Waals surface area contributed by atoms with Crippen LogP contribution in [0.5, 0.6) is 0 Å². The van der Waals surface area contributed by atoms with Gasteiger partial charge in [-0.1, -0.05) is 0 Å². The molecule has 0 radical (unpaired) electrons. The fraction of sp³-hybridized carbons (Fsp3) is 0.389. The molecule has 3 rings (SSSR count). The van der Waals surface area contributed by atoms with E-state index in [2.05, 4.69) is 14.9 Å². The minimum absolute atomic E-state index is 0.239. The molecule has 0 spiro atoms. The third-order valence-corrected chi connectivity index (χ3v) is 4.76. The number of carbonyl (C=O) groups excluding carboxylic acids is 2. The Labute approximate surface area is 151 Å². The highest BCUT2D eigenvalue weighted by Gasteiger charge is 2.23. The van der Waals surface area contributed by atoms with Crippen LogP contribution in [0.4, 0.5) is 14.9 Å². The van der Waals surface area contributed by atoms with Crippen LogP contribution in [0.1, 0.15) is 29.0 Å². The van der Waals surface area contributed by atoms with Gasteiger partial charge in [-0.3, -0.25) is 4.79 Å². The molecule has 0 atom stereocenters. The van der Waals surface area contributed by atoms with Gasteiger partial charge in [-0.15, -0.1) is 0 Å². The van der Waals surface area contributed by atoms with Crippen LogP contribution in [0.3, 0.4) is 0 Å². The molecule has 138 valence electrons. The number of amides is 3. The van der Waals surface area contributed by atoms with Crippen LogP contribution in [-0.2, 0) is 6.54 Å². The molecular weight excluding hydrogens is 337 g/mol. The number of urea groups is 1. The Balaban J connectivity index is 1.55. The Morgan fingerprint density at radius 3 is 2.69 bits per heavy atom. The van der Waals surface area contributed by atoms with Crippen molar-refractivity contribution in [2.24, 2.45) is 11.7 Å². The molecule has 0 bridgehead atoms. The topological polar surface area (TPSA) is 93.2 Å². The number of benzene rings is 1. The van der Waals surface area contributed by atoms with E-state index < -0.39 is 11.7 Å². The first-order valence-corrected chi connectivity index (χ1v) is 8.57. The lowest BCUT2D eigenvalue weighted by Gasteiger charge is -2.32. The van der Waals surface area contributed by atoms with Gasteiger partial charge in [0.05, 0.1) is 5.56 Å². The molecule has 1 aromatic carbocycles.